The maximum Gasteiger partial charge on any atom is 0.302 e. The number of nitro groups is 2. The molecular weight excluding hydrogens is 364 g/mol. The minimum Gasteiger partial charge on any atom is -0.392 e. The van der Waals surface area contributed by atoms with E-state index in [-0.39, 0.29) is 22.6 Å². The molecule has 3 unspecified atom stereocenters. The molecule has 3 aliphatic rings. The molecule has 1 N–H and O–H groups in total. The number of nitro benzene ring substituents is 2. The van der Waals surface area contributed by atoms with Gasteiger partial charge in [-0.25, -0.2) is 0 Å². The third kappa shape index (κ3) is 3.12. The fourth-order valence-corrected chi connectivity index (χ4v) is 5.57. The van der Waals surface area contributed by atoms with E-state index in [1.807, 2.05) is 0 Å². The standard InChI is InChI=1S/C19H26N4O5/c1-12-15(11-24)10-17(22(25)26)19(18(12)23(27)28)21-6-4-20(5-7-21)16-9-13-2-3-14(16)8-13/h10,13-14,16,24H,2-9,11H2,1H3. The molecule has 3 atom stereocenters. The molecule has 9 heteroatoms. The lowest BCUT2D eigenvalue weighted by Crippen LogP contribution is -2.52. The smallest absolute Gasteiger partial charge is 0.302 e. The van der Waals surface area contributed by atoms with Crippen LogP contribution in [0.4, 0.5) is 17.1 Å². The molecule has 0 amide bonds. The van der Waals surface area contributed by atoms with Crippen LogP contribution >= 0.6 is 0 Å². The van der Waals surface area contributed by atoms with Gasteiger partial charge < -0.3 is 10.0 Å². The molecule has 1 aromatic carbocycles. The minimum atomic E-state index is -0.580. The van der Waals surface area contributed by atoms with Crippen LogP contribution in [0, 0.1) is 39.0 Å². The number of hydrogen-bond donors (Lipinski definition) is 1. The van der Waals surface area contributed by atoms with Crippen LogP contribution in [0.3, 0.4) is 0 Å². The summed E-state index contributed by atoms with van der Waals surface area (Å²) in [6, 6.07) is 1.88. The highest BCUT2D eigenvalue weighted by molar-refractivity contribution is 5.79. The van der Waals surface area contributed by atoms with Crippen LogP contribution in [-0.4, -0.2) is 52.1 Å². The van der Waals surface area contributed by atoms with Crippen molar-refractivity contribution in [3.8, 4) is 0 Å². The Bertz CT molecular complexity index is 806. The Kier molecular flexibility index (Phi) is 4.96. The van der Waals surface area contributed by atoms with Gasteiger partial charge in [0.25, 0.3) is 5.69 Å². The van der Waals surface area contributed by atoms with E-state index >= 15 is 0 Å². The zero-order valence-corrected chi connectivity index (χ0v) is 16.0. The number of anilines is 1. The van der Waals surface area contributed by atoms with Crippen LogP contribution in [-0.2, 0) is 6.61 Å². The van der Waals surface area contributed by atoms with E-state index in [0.717, 1.165) is 24.9 Å². The highest BCUT2D eigenvalue weighted by atomic mass is 16.6. The SMILES string of the molecule is Cc1c(CO)cc([N+](=O)[O-])c(N2CCN(C3CC4CCC3C4)CC2)c1[N+](=O)[O-]. The largest absolute Gasteiger partial charge is 0.392 e. The van der Waals surface area contributed by atoms with Crippen molar-refractivity contribution >= 4 is 17.1 Å². The van der Waals surface area contributed by atoms with Crippen LogP contribution < -0.4 is 4.90 Å². The molecule has 2 bridgehead atoms. The highest BCUT2D eigenvalue weighted by Gasteiger charge is 2.43. The normalized spacial score (nSPS) is 27.4. The topological polar surface area (TPSA) is 113 Å². The van der Waals surface area contributed by atoms with E-state index in [1.54, 1.807) is 11.8 Å². The molecule has 28 heavy (non-hydrogen) atoms. The summed E-state index contributed by atoms with van der Waals surface area (Å²) in [5.41, 5.74) is 0.0463. The van der Waals surface area contributed by atoms with E-state index < -0.39 is 16.5 Å². The molecule has 152 valence electrons. The van der Waals surface area contributed by atoms with Crippen molar-refractivity contribution in [1.29, 1.82) is 0 Å². The zero-order valence-electron chi connectivity index (χ0n) is 16.0. The number of nitrogens with zero attached hydrogens (tertiary/aromatic N) is 4. The molecular formula is C19H26N4O5. The monoisotopic (exact) mass is 390 g/mol. The van der Waals surface area contributed by atoms with E-state index in [2.05, 4.69) is 4.90 Å². The zero-order chi connectivity index (χ0) is 20.0. The summed E-state index contributed by atoms with van der Waals surface area (Å²) in [6.07, 6.45) is 5.21. The average Bonchev–Trinajstić information content (AvgIpc) is 3.30. The fourth-order valence-electron chi connectivity index (χ4n) is 5.57. The molecule has 1 aromatic rings. The van der Waals surface area contributed by atoms with Gasteiger partial charge in [0.15, 0.2) is 5.69 Å². The molecule has 1 saturated heterocycles. The quantitative estimate of drug-likeness (QED) is 0.607. The Morgan fingerprint density at radius 3 is 2.32 bits per heavy atom. The van der Waals surface area contributed by atoms with Gasteiger partial charge in [0.05, 0.1) is 16.5 Å². The first-order valence-electron chi connectivity index (χ1n) is 9.95. The van der Waals surface area contributed by atoms with Gasteiger partial charge in [-0.2, -0.15) is 0 Å². The average molecular weight is 390 g/mol. The second-order valence-corrected chi connectivity index (χ2v) is 8.31. The van der Waals surface area contributed by atoms with Crippen molar-refractivity contribution in [2.45, 2.75) is 45.3 Å². The van der Waals surface area contributed by atoms with E-state index in [9.17, 15) is 25.3 Å². The van der Waals surface area contributed by atoms with Crippen molar-refractivity contribution in [3.63, 3.8) is 0 Å². The Hall–Kier alpha value is -2.26. The van der Waals surface area contributed by atoms with Gasteiger partial charge in [0, 0.05) is 43.9 Å². The van der Waals surface area contributed by atoms with Gasteiger partial charge in [-0.1, -0.05) is 6.42 Å². The molecule has 0 radical (unpaired) electrons. The van der Waals surface area contributed by atoms with Gasteiger partial charge in [-0.3, -0.25) is 25.1 Å². The van der Waals surface area contributed by atoms with Gasteiger partial charge in [0.1, 0.15) is 0 Å². The minimum absolute atomic E-state index is 0.0808. The van der Waals surface area contributed by atoms with Crippen molar-refractivity contribution < 1.29 is 15.0 Å². The fraction of sp³-hybridized carbons (Fsp3) is 0.684. The lowest BCUT2D eigenvalue weighted by molar-refractivity contribution is -0.393. The number of hydrogen-bond acceptors (Lipinski definition) is 7. The van der Waals surface area contributed by atoms with Crippen molar-refractivity contribution in [3.05, 3.63) is 37.4 Å². The Balaban J connectivity index is 1.61. The lowest BCUT2D eigenvalue weighted by atomic mass is 9.93. The third-order valence-corrected chi connectivity index (χ3v) is 6.96. The highest BCUT2D eigenvalue weighted by Crippen LogP contribution is 2.47. The molecule has 1 heterocycles. The molecule has 1 aliphatic heterocycles. The number of aliphatic hydroxyl groups excluding tert-OH is 1. The van der Waals surface area contributed by atoms with Crippen LogP contribution in [0.2, 0.25) is 0 Å². The first-order chi connectivity index (χ1) is 13.4. The molecule has 0 aromatic heterocycles. The van der Waals surface area contributed by atoms with E-state index in [4.69, 9.17) is 0 Å². The summed E-state index contributed by atoms with van der Waals surface area (Å²) in [5.74, 6) is 1.62. The first kappa shape index (κ1) is 19.1. The lowest BCUT2D eigenvalue weighted by Gasteiger charge is -2.41. The summed E-state index contributed by atoms with van der Waals surface area (Å²) in [5, 5.41) is 32.9. The Morgan fingerprint density at radius 2 is 1.82 bits per heavy atom. The first-order valence-corrected chi connectivity index (χ1v) is 9.95. The predicted octanol–water partition coefficient (Wildman–Crippen LogP) is 2.61. The summed E-state index contributed by atoms with van der Waals surface area (Å²) in [4.78, 5) is 26.5. The van der Waals surface area contributed by atoms with Crippen LogP contribution in [0.15, 0.2) is 6.07 Å². The summed E-state index contributed by atoms with van der Waals surface area (Å²) in [6.45, 7) is 3.68. The summed E-state index contributed by atoms with van der Waals surface area (Å²) in [7, 11) is 0. The Morgan fingerprint density at radius 1 is 1.11 bits per heavy atom. The van der Waals surface area contributed by atoms with Crippen LogP contribution in [0.1, 0.15) is 36.8 Å². The Labute approximate surface area is 163 Å². The number of benzene rings is 1. The van der Waals surface area contributed by atoms with Crippen molar-refractivity contribution in [1.82, 2.24) is 4.90 Å². The summed E-state index contributed by atoms with van der Waals surface area (Å²) < 4.78 is 0. The molecule has 9 nitrogen and oxygen atoms in total. The number of aliphatic hydroxyl groups is 1. The third-order valence-electron chi connectivity index (χ3n) is 6.96. The van der Waals surface area contributed by atoms with Crippen molar-refractivity contribution in [2.75, 3.05) is 31.1 Å². The van der Waals surface area contributed by atoms with Gasteiger partial charge in [-0.05, 0) is 43.6 Å². The van der Waals surface area contributed by atoms with E-state index in [0.29, 0.717) is 24.7 Å². The van der Waals surface area contributed by atoms with Gasteiger partial charge >= 0.3 is 5.69 Å². The van der Waals surface area contributed by atoms with Gasteiger partial charge in [0.2, 0.25) is 0 Å². The number of fused-ring (bicyclic) bond motifs is 2. The van der Waals surface area contributed by atoms with Gasteiger partial charge in [-0.15, -0.1) is 0 Å². The summed E-state index contributed by atoms with van der Waals surface area (Å²) >= 11 is 0. The number of rotatable bonds is 5. The van der Waals surface area contributed by atoms with E-state index in [1.165, 1.54) is 31.7 Å². The maximum absolute atomic E-state index is 11.8. The molecule has 4 rings (SSSR count). The molecule has 3 fully saturated rings. The molecule has 2 saturated carbocycles. The van der Waals surface area contributed by atoms with Crippen LogP contribution in [0.25, 0.3) is 0 Å². The van der Waals surface area contributed by atoms with Crippen molar-refractivity contribution in [2.24, 2.45) is 11.8 Å². The molecule has 0 spiro atoms. The van der Waals surface area contributed by atoms with Crippen LogP contribution in [0.5, 0.6) is 0 Å². The second kappa shape index (κ2) is 7.29. The second-order valence-electron chi connectivity index (χ2n) is 8.31. The molecule has 2 aliphatic carbocycles. The maximum atomic E-state index is 11.8. The number of piperazine rings is 1. The predicted molar refractivity (Wildman–Crippen MR) is 103 cm³/mol.